The minimum absolute atomic E-state index is 0.00592. The molecule has 1 aliphatic rings. The fraction of sp³-hybridized carbons (Fsp3) is 0.211. The van der Waals surface area contributed by atoms with E-state index in [1.807, 2.05) is 42.5 Å². The van der Waals surface area contributed by atoms with Crippen molar-refractivity contribution < 1.29 is 4.79 Å². The Kier molecular flexibility index (Phi) is 3.60. The Balaban J connectivity index is 1.18. The monoisotopic (exact) mass is 363 g/mol. The van der Waals surface area contributed by atoms with E-state index in [0.717, 1.165) is 27.5 Å². The summed E-state index contributed by atoms with van der Waals surface area (Å²) in [6.07, 6.45) is 0. The molecule has 0 bridgehead atoms. The Morgan fingerprint density at radius 1 is 1.12 bits per heavy atom. The molecule has 1 fully saturated rings. The summed E-state index contributed by atoms with van der Waals surface area (Å²) in [5.41, 5.74) is 2.93. The molecule has 130 valence electrons. The number of H-pyrrole nitrogens is 1. The van der Waals surface area contributed by atoms with Gasteiger partial charge in [0.2, 0.25) is 5.91 Å². The molecule has 0 spiro atoms. The Labute approximate surface area is 153 Å². The third-order valence-electron chi connectivity index (χ3n) is 4.67. The molecule has 1 amide bonds. The number of fused-ring (bicyclic) bond motifs is 2. The first-order valence-electron chi connectivity index (χ1n) is 8.58. The van der Waals surface area contributed by atoms with Crippen LogP contribution in [0, 0.1) is 5.92 Å². The van der Waals surface area contributed by atoms with Gasteiger partial charge in [0.05, 0.1) is 33.7 Å². The Morgan fingerprint density at radius 3 is 2.69 bits per heavy atom. The number of nitrogens with one attached hydrogen (secondary N) is 2. The van der Waals surface area contributed by atoms with E-state index in [9.17, 15) is 4.79 Å². The lowest BCUT2D eigenvalue weighted by Gasteiger charge is -2.37. The van der Waals surface area contributed by atoms with Gasteiger partial charge in [-0.15, -0.1) is 0 Å². The zero-order chi connectivity index (χ0) is 17.5. The molecule has 0 radical (unpaired) electrons. The lowest BCUT2D eigenvalue weighted by atomic mass is 10.0. The van der Waals surface area contributed by atoms with Gasteiger partial charge in [0.1, 0.15) is 5.82 Å². The molecule has 0 atom stereocenters. The van der Waals surface area contributed by atoms with Crippen LogP contribution in [0.2, 0.25) is 0 Å². The minimum atomic E-state index is 0.00592. The Morgan fingerprint density at radius 2 is 1.88 bits per heavy atom. The molecule has 2 N–H and O–H groups in total. The molecule has 2 aromatic heterocycles. The molecule has 0 aliphatic carbocycles. The molecule has 2 aromatic carbocycles. The number of aromatic nitrogens is 3. The second-order valence-electron chi connectivity index (χ2n) is 6.48. The molecule has 4 aromatic rings. The smallest absolute Gasteiger partial charge is 0.227 e. The van der Waals surface area contributed by atoms with Crippen LogP contribution in [0.3, 0.4) is 0 Å². The predicted octanol–water partition coefficient (Wildman–Crippen LogP) is 2.93. The zero-order valence-corrected chi connectivity index (χ0v) is 14.8. The molecule has 1 saturated heterocycles. The lowest BCUT2D eigenvalue weighted by molar-refractivity contribution is -0.125. The Hall–Kier alpha value is -2.93. The molecular weight excluding hydrogens is 346 g/mol. The van der Waals surface area contributed by atoms with Gasteiger partial charge in [-0.2, -0.15) is 0 Å². The van der Waals surface area contributed by atoms with E-state index in [0.29, 0.717) is 19.6 Å². The van der Waals surface area contributed by atoms with Crippen LogP contribution in [-0.2, 0) is 11.3 Å². The summed E-state index contributed by atoms with van der Waals surface area (Å²) in [6, 6.07) is 16.0. The van der Waals surface area contributed by atoms with Crippen LogP contribution in [0.5, 0.6) is 0 Å². The highest BCUT2D eigenvalue weighted by Crippen LogP contribution is 2.32. The summed E-state index contributed by atoms with van der Waals surface area (Å²) in [4.78, 5) is 26.9. The fourth-order valence-corrected chi connectivity index (χ4v) is 4.18. The SMILES string of the molecule is O=C(NCc1nc2ccccc2[nH]1)C1CN(c2nc3ccccc3s2)C1. The summed E-state index contributed by atoms with van der Waals surface area (Å²) >= 11 is 1.68. The van der Waals surface area contributed by atoms with Crippen LogP contribution < -0.4 is 10.2 Å². The van der Waals surface area contributed by atoms with Crippen molar-refractivity contribution in [3.05, 3.63) is 54.4 Å². The van der Waals surface area contributed by atoms with Crippen LogP contribution in [0.1, 0.15) is 5.82 Å². The van der Waals surface area contributed by atoms with E-state index >= 15 is 0 Å². The maximum absolute atomic E-state index is 12.4. The van der Waals surface area contributed by atoms with Crippen LogP contribution in [0.15, 0.2) is 48.5 Å². The lowest BCUT2D eigenvalue weighted by Crippen LogP contribution is -2.53. The average Bonchev–Trinajstić information content (AvgIpc) is 3.21. The number of thiazole rings is 1. The van der Waals surface area contributed by atoms with Gasteiger partial charge in [-0.25, -0.2) is 9.97 Å². The van der Waals surface area contributed by atoms with Crippen molar-refractivity contribution in [2.75, 3.05) is 18.0 Å². The quantitative estimate of drug-likeness (QED) is 0.585. The normalized spacial score (nSPS) is 14.7. The molecule has 1 aliphatic heterocycles. The van der Waals surface area contributed by atoms with Gasteiger partial charge in [0, 0.05) is 13.1 Å². The highest BCUT2D eigenvalue weighted by molar-refractivity contribution is 7.22. The topological polar surface area (TPSA) is 73.9 Å². The number of amides is 1. The Bertz CT molecular complexity index is 1030. The van der Waals surface area contributed by atoms with Gasteiger partial charge >= 0.3 is 0 Å². The summed E-state index contributed by atoms with van der Waals surface area (Å²) in [5, 5.41) is 3.98. The third kappa shape index (κ3) is 2.70. The van der Waals surface area contributed by atoms with E-state index in [1.54, 1.807) is 11.3 Å². The number of para-hydroxylation sites is 3. The number of benzene rings is 2. The number of hydrogen-bond donors (Lipinski definition) is 2. The molecular formula is C19H17N5OS. The largest absolute Gasteiger partial charge is 0.349 e. The van der Waals surface area contributed by atoms with Crippen LogP contribution >= 0.6 is 11.3 Å². The maximum atomic E-state index is 12.4. The third-order valence-corrected chi connectivity index (χ3v) is 5.77. The maximum Gasteiger partial charge on any atom is 0.227 e. The molecule has 6 nitrogen and oxygen atoms in total. The second kappa shape index (κ2) is 6.10. The molecule has 3 heterocycles. The standard InChI is InChI=1S/C19H17N5OS/c25-18(20-9-17-21-13-5-1-2-6-14(13)22-17)12-10-24(11-12)19-23-15-7-3-4-8-16(15)26-19/h1-8,12H,9-11H2,(H,20,25)(H,21,22). The zero-order valence-electron chi connectivity index (χ0n) is 14.0. The fourth-order valence-electron chi connectivity index (χ4n) is 3.20. The van der Waals surface area contributed by atoms with Crippen LogP contribution in [0.4, 0.5) is 5.13 Å². The summed E-state index contributed by atoms with van der Waals surface area (Å²) in [7, 11) is 0. The van der Waals surface area contributed by atoms with Gasteiger partial charge in [-0.1, -0.05) is 35.6 Å². The van der Waals surface area contributed by atoms with Crippen LogP contribution in [0.25, 0.3) is 21.3 Å². The number of imidazole rings is 1. The summed E-state index contributed by atoms with van der Waals surface area (Å²) < 4.78 is 1.18. The number of aromatic amines is 1. The predicted molar refractivity (Wildman–Crippen MR) is 103 cm³/mol. The van der Waals surface area contributed by atoms with Crippen molar-refractivity contribution in [3.8, 4) is 0 Å². The first kappa shape index (κ1) is 15.3. The summed E-state index contributed by atoms with van der Waals surface area (Å²) in [6.45, 7) is 1.85. The molecule has 7 heteroatoms. The highest BCUT2D eigenvalue weighted by Gasteiger charge is 2.34. The van der Waals surface area contributed by atoms with E-state index in [4.69, 9.17) is 0 Å². The number of carbonyl (C=O) groups excluding carboxylic acids is 1. The van der Waals surface area contributed by atoms with Crippen molar-refractivity contribution in [2.24, 2.45) is 5.92 Å². The van der Waals surface area contributed by atoms with E-state index < -0.39 is 0 Å². The number of nitrogens with zero attached hydrogens (tertiary/aromatic N) is 3. The first-order chi connectivity index (χ1) is 12.8. The number of hydrogen-bond acceptors (Lipinski definition) is 5. The molecule has 0 unspecified atom stereocenters. The van der Waals surface area contributed by atoms with Gasteiger partial charge in [-0.05, 0) is 24.3 Å². The van der Waals surface area contributed by atoms with Crippen molar-refractivity contribution in [1.29, 1.82) is 0 Å². The molecule has 0 saturated carbocycles. The first-order valence-corrected chi connectivity index (χ1v) is 9.40. The van der Waals surface area contributed by atoms with Gasteiger partial charge in [0.15, 0.2) is 5.13 Å². The van der Waals surface area contributed by atoms with Crippen molar-refractivity contribution >= 4 is 43.6 Å². The van der Waals surface area contributed by atoms with Crippen molar-refractivity contribution in [1.82, 2.24) is 20.3 Å². The van der Waals surface area contributed by atoms with Gasteiger partial charge in [-0.3, -0.25) is 4.79 Å². The molecule has 26 heavy (non-hydrogen) atoms. The molecule has 5 rings (SSSR count). The summed E-state index contributed by atoms with van der Waals surface area (Å²) in [5.74, 6) is 0.858. The number of carbonyl (C=O) groups is 1. The van der Waals surface area contributed by atoms with Crippen LogP contribution in [-0.4, -0.2) is 33.9 Å². The highest BCUT2D eigenvalue weighted by atomic mass is 32.1. The van der Waals surface area contributed by atoms with Crippen molar-refractivity contribution in [2.45, 2.75) is 6.54 Å². The average molecular weight is 363 g/mol. The van der Waals surface area contributed by atoms with Gasteiger partial charge < -0.3 is 15.2 Å². The van der Waals surface area contributed by atoms with Gasteiger partial charge in [0.25, 0.3) is 0 Å². The van der Waals surface area contributed by atoms with E-state index in [1.165, 1.54) is 4.70 Å². The van der Waals surface area contributed by atoms with E-state index in [-0.39, 0.29) is 11.8 Å². The number of rotatable bonds is 4. The second-order valence-corrected chi connectivity index (χ2v) is 7.49. The minimum Gasteiger partial charge on any atom is -0.349 e. The van der Waals surface area contributed by atoms with E-state index in [2.05, 4.69) is 31.2 Å². The van der Waals surface area contributed by atoms with Crippen molar-refractivity contribution in [3.63, 3.8) is 0 Å². The number of anilines is 1.